The third kappa shape index (κ3) is 3.82. The van der Waals surface area contributed by atoms with Gasteiger partial charge in [0, 0.05) is 23.7 Å². The molecule has 1 saturated heterocycles. The van der Waals surface area contributed by atoms with Crippen LogP contribution < -0.4 is 5.73 Å². The molecule has 3 rings (SSSR count). The van der Waals surface area contributed by atoms with Gasteiger partial charge in [-0.25, -0.2) is 4.98 Å². The van der Waals surface area contributed by atoms with Crippen molar-refractivity contribution in [1.29, 1.82) is 0 Å². The Morgan fingerprint density at radius 1 is 1.45 bits per heavy atom. The van der Waals surface area contributed by atoms with E-state index in [4.69, 9.17) is 21.8 Å². The van der Waals surface area contributed by atoms with Gasteiger partial charge in [-0.1, -0.05) is 24.6 Å². The van der Waals surface area contributed by atoms with Crippen LogP contribution in [0.5, 0.6) is 0 Å². The molecule has 22 heavy (non-hydrogen) atoms. The van der Waals surface area contributed by atoms with Gasteiger partial charge in [0.15, 0.2) is 0 Å². The molecular formula is C16H21Cl2N3O. The normalized spacial score (nSPS) is 21.8. The standard InChI is InChI=1S/C16H20ClN3O.ClH/c1-16(10-18)5-6-20(11-16)8-14-9-21-15(19-14)12-3-2-4-13(17)7-12;/h2-4,7,9H,5-6,8,10-11,18H2,1H3;1H. The van der Waals surface area contributed by atoms with Crippen LogP contribution in [0.2, 0.25) is 5.02 Å². The van der Waals surface area contributed by atoms with Gasteiger partial charge in [-0.05, 0) is 43.1 Å². The summed E-state index contributed by atoms with van der Waals surface area (Å²) in [4.78, 5) is 6.94. The Kier molecular flexibility index (Phi) is 5.50. The number of halogens is 2. The van der Waals surface area contributed by atoms with Gasteiger partial charge in [0.25, 0.3) is 0 Å². The summed E-state index contributed by atoms with van der Waals surface area (Å²) in [6.07, 6.45) is 2.87. The van der Waals surface area contributed by atoms with E-state index in [2.05, 4.69) is 16.8 Å². The summed E-state index contributed by atoms with van der Waals surface area (Å²) in [6.45, 7) is 5.86. The molecule has 0 radical (unpaired) electrons. The minimum absolute atomic E-state index is 0. The van der Waals surface area contributed by atoms with E-state index in [9.17, 15) is 0 Å². The number of likely N-dealkylation sites (tertiary alicyclic amines) is 1. The highest BCUT2D eigenvalue weighted by Gasteiger charge is 2.32. The van der Waals surface area contributed by atoms with Crippen LogP contribution in [-0.4, -0.2) is 29.5 Å². The molecule has 2 N–H and O–H groups in total. The number of oxazole rings is 1. The van der Waals surface area contributed by atoms with Gasteiger partial charge in [0.2, 0.25) is 5.89 Å². The molecule has 1 unspecified atom stereocenters. The maximum atomic E-state index is 6.00. The van der Waals surface area contributed by atoms with E-state index in [1.165, 1.54) is 0 Å². The zero-order chi connectivity index (χ0) is 14.9. The third-order valence-electron chi connectivity index (χ3n) is 4.14. The van der Waals surface area contributed by atoms with E-state index >= 15 is 0 Å². The van der Waals surface area contributed by atoms with Crippen LogP contribution in [0.3, 0.4) is 0 Å². The van der Waals surface area contributed by atoms with Crippen molar-refractivity contribution >= 4 is 24.0 Å². The molecule has 0 spiro atoms. The number of hydrogen-bond donors (Lipinski definition) is 1. The zero-order valence-electron chi connectivity index (χ0n) is 12.6. The number of rotatable bonds is 4. The monoisotopic (exact) mass is 341 g/mol. The molecule has 2 aromatic rings. The Bertz CT molecular complexity index is 631. The molecule has 6 heteroatoms. The molecule has 1 aromatic carbocycles. The second-order valence-corrected chi connectivity index (χ2v) is 6.57. The number of hydrogen-bond acceptors (Lipinski definition) is 4. The Morgan fingerprint density at radius 3 is 2.95 bits per heavy atom. The summed E-state index contributed by atoms with van der Waals surface area (Å²) in [5, 5.41) is 0.686. The fraction of sp³-hybridized carbons (Fsp3) is 0.438. The summed E-state index contributed by atoms with van der Waals surface area (Å²) < 4.78 is 5.57. The van der Waals surface area contributed by atoms with E-state index < -0.39 is 0 Å². The molecule has 4 nitrogen and oxygen atoms in total. The molecule has 1 fully saturated rings. The van der Waals surface area contributed by atoms with E-state index in [1.807, 2.05) is 24.3 Å². The molecule has 1 atom stereocenters. The van der Waals surface area contributed by atoms with Gasteiger partial charge in [0.1, 0.15) is 6.26 Å². The van der Waals surface area contributed by atoms with Gasteiger partial charge in [-0.2, -0.15) is 0 Å². The van der Waals surface area contributed by atoms with Gasteiger partial charge < -0.3 is 10.2 Å². The van der Waals surface area contributed by atoms with Crippen LogP contribution in [0, 0.1) is 5.41 Å². The lowest BCUT2D eigenvalue weighted by atomic mass is 9.90. The van der Waals surface area contributed by atoms with E-state index in [-0.39, 0.29) is 17.8 Å². The summed E-state index contributed by atoms with van der Waals surface area (Å²) in [6, 6.07) is 7.54. The minimum atomic E-state index is 0. The third-order valence-corrected chi connectivity index (χ3v) is 4.37. The fourth-order valence-corrected chi connectivity index (χ4v) is 2.98. The molecule has 2 heterocycles. The van der Waals surface area contributed by atoms with E-state index in [0.717, 1.165) is 43.9 Å². The highest BCUT2D eigenvalue weighted by molar-refractivity contribution is 6.30. The number of benzene rings is 1. The first-order valence-electron chi connectivity index (χ1n) is 7.21. The molecule has 0 saturated carbocycles. The van der Waals surface area contributed by atoms with Crippen LogP contribution in [0.1, 0.15) is 19.0 Å². The molecule has 0 bridgehead atoms. The lowest BCUT2D eigenvalue weighted by Crippen LogP contribution is -2.31. The quantitative estimate of drug-likeness (QED) is 0.923. The molecule has 1 aliphatic rings. The maximum Gasteiger partial charge on any atom is 0.226 e. The van der Waals surface area contributed by atoms with Crippen molar-refractivity contribution in [2.75, 3.05) is 19.6 Å². The second-order valence-electron chi connectivity index (χ2n) is 6.13. The maximum absolute atomic E-state index is 6.00. The van der Waals surface area contributed by atoms with Crippen LogP contribution in [0.15, 0.2) is 34.9 Å². The van der Waals surface area contributed by atoms with Crippen LogP contribution >= 0.6 is 24.0 Å². The van der Waals surface area contributed by atoms with Crippen molar-refractivity contribution < 1.29 is 4.42 Å². The first-order valence-corrected chi connectivity index (χ1v) is 7.59. The van der Waals surface area contributed by atoms with E-state index in [1.54, 1.807) is 6.26 Å². The number of aromatic nitrogens is 1. The average molecular weight is 342 g/mol. The van der Waals surface area contributed by atoms with Crippen molar-refractivity contribution in [1.82, 2.24) is 9.88 Å². The van der Waals surface area contributed by atoms with Gasteiger partial charge in [-0.3, -0.25) is 4.90 Å². The largest absolute Gasteiger partial charge is 0.444 e. The summed E-state index contributed by atoms with van der Waals surface area (Å²) in [5.41, 5.74) is 7.94. The molecule has 1 aliphatic heterocycles. The summed E-state index contributed by atoms with van der Waals surface area (Å²) in [5.74, 6) is 0.619. The molecule has 0 aliphatic carbocycles. The lowest BCUT2D eigenvalue weighted by Gasteiger charge is -2.21. The smallest absolute Gasteiger partial charge is 0.226 e. The highest BCUT2D eigenvalue weighted by atomic mass is 35.5. The average Bonchev–Trinajstić information content (AvgIpc) is 3.07. The fourth-order valence-electron chi connectivity index (χ4n) is 2.79. The predicted octanol–water partition coefficient (Wildman–Crippen LogP) is 3.59. The second kappa shape index (κ2) is 7.01. The van der Waals surface area contributed by atoms with Gasteiger partial charge in [-0.15, -0.1) is 12.4 Å². The number of nitrogens with zero attached hydrogens (tertiary/aromatic N) is 2. The van der Waals surface area contributed by atoms with Crippen molar-refractivity contribution in [3.05, 3.63) is 41.2 Å². The van der Waals surface area contributed by atoms with Crippen LogP contribution in [-0.2, 0) is 6.54 Å². The van der Waals surface area contributed by atoms with Gasteiger partial charge >= 0.3 is 0 Å². The van der Waals surface area contributed by atoms with Crippen molar-refractivity contribution in [3.63, 3.8) is 0 Å². The number of nitrogens with two attached hydrogens (primary N) is 1. The van der Waals surface area contributed by atoms with E-state index in [0.29, 0.717) is 10.9 Å². The van der Waals surface area contributed by atoms with Crippen molar-refractivity contribution in [3.8, 4) is 11.5 Å². The Balaban J connectivity index is 0.00000176. The van der Waals surface area contributed by atoms with Crippen LogP contribution in [0.25, 0.3) is 11.5 Å². The summed E-state index contributed by atoms with van der Waals surface area (Å²) in [7, 11) is 0. The first-order chi connectivity index (χ1) is 10.1. The predicted molar refractivity (Wildman–Crippen MR) is 91.3 cm³/mol. The molecule has 0 amide bonds. The minimum Gasteiger partial charge on any atom is -0.444 e. The van der Waals surface area contributed by atoms with Crippen molar-refractivity contribution in [2.24, 2.45) is 11.1 Å². The zero-order valence-corrected chi connectivity index (χ0v) is 14.2. The van der Waals surface area contributed by atoms with Gasteiger partial charge in [0.05, 0.1) is 5.69 Å². The Labute approximate surface area is 142 Å². The highest BCUT2D eigenvalue weighted by Crippen LogP contribution is 2.30. The molecular weight excluding hydrogens is 321 g/mol. The lowest BCUT2D eigenvalue weighted by molar-refractivity contribution is 0.272. The van der Waals surface area contributed by atoms with Crippen molar-refractivity contribution in [2.45, 2.75) is 19.9 Å². The Morgan fingerprint density at radius 2 is 2.27 bits per heavy atom. The first kappa shape index (κ1) is 17.3. The molecule has 1 aromatic heterocycles. The summed E-state index contributed by atoms with van der Waals surface area (Å²) >= 11 is 6.00. The molecule has 120 valence electrons. The van der Waals surface area contributed by atoms with Crippen LogP contribution in [0.4, 0.5) is 0 Å². The SMILES string of the molecule is CC1(CN)CCN(Cc2coc(-c3cccc(Cl)c3)n2)C1.Cl. The topological polar surface area (TPSA) is 55.3 Å². The Hall–Kier alpha value is -1.07.